The van der Waals surface area contributed by atoms with Gasteiger partial charge in [0.05, 0.1) is 6.17 Å². The molecule has 5 heteroatoms. The molecular formula is C17H18N4O. The molecule has 112 valence electrons. The number of aromatic hydroxyl groups is 1. The number of aromatic nitrogens is 3. The van der Waals surface area contributed by atoms with E-state index in [1.54, 1.807) is 12.1 Å². The Morgan fingerprint density at radius 2 is 2.23 bits per heavy atom. The molecule has 4 rings (SSSR count). The number of rotatable bonds is 3. The highest BCUT2D eigenvalue weighted by Crippen LogP contribution is 2.26. The highest BCUT2D eigenvalue weighted by atomic mass is 16.3. The van der Waals surface area contributed by atoms with Crippen molar-refractivity contribution >= 4 is 11.2 Å². The second-order valence-electron chi connectivity index (χ2n) is 5.70. The summed E-state index contributed by atoms with van der Waals surface area (Å²) in [5, 5.41) is 13.2. The van der Waals surface area contributed by atoms with Crippen LogP contribution >= 0.6 is 0 Å². The molecule has 3 aromatic rings. The van der Waals surface area contributed by atoms with Gasteiger partial charge in [0.15, 0.2) is 5.65 Å². The molecule has 0 saturated carbocycles. The SMILES string of the molecule is Oc1cccc(Cc2nc3cccnc3n2C2CCCN2)c1. The van der Waals surface area contributed by atoms with Gasteiger partial charge in [-0.15, -0.1) is 0 Å². The van der Waals surface area contributed by atoms with Crippen molar-refractivity contribution in [2.24, 2.45) is 0 Å². The van der Waals surface area contributed by atoms with Crippen molar-refractivity contribution in [3.05, 3.63) is 54.0 Å². The number of pyridine rings is 1. The summed E-state index contributed by atoms with van der Waals surface area (Å²) in [6.45, 7) is 1.03. The third-order valence-corrected chi connectivity index (χ3v) is 4.14. The Kier molecular flexibility index (Phi) is 3.27. The minimum Gasteiger partial charge on any atom is -0.508 e. The molecule has 1 atom stereocenters. The summed E-state index contributed by atoms with van der Waals surface area (Å²) in [7, 11) is 0. The van der Waals surface area contributed by atoms with E-state index in [2.05, 4.69) is 14.9 Å². The van der Waals surface area contributed by atoms with Gasteiger partial charge in [0.25, 0.3) is 0 Å². The molecular weight excluding hydrogens is 276 g/mol. The van der Waals surface area contributed by atoms with Gasteiger partial charge in [-0.2, -0.15) is 0 Å². The van der Waals surface area contributed by atoms with E-state index in [-0.39, 0.29) is 11.9 Å². The topological polar surface area (TPSA) is 63.0 Å². The molecule has 3 heterocycles. The number of phenols is 1. The summed E-state index contributed by atoms with van der Waals surface area (Å²) >= 11 is 0. The minimum atomic E-state index is 0.257. The van der Waals surface area contributed by atoms with Crippen molar-refractivity contribution in [2.75, 3.05) is 6.54 Å². The van der Waals surface area contributed by atoms with Crippen molar-refractivity contribution in [3.8, 4) is 5.75 Å². The first-order valence-electron chi connectivity index (χ1n) is 7.64. The zero-order valence-electron chi connectivity index (χ0n) is 12.2. The quantitative estimate of drug-likeness (QED) is 0.779. The first-order chi connectivity index (χ1) is 10.8. The van der Waals surface area contributed by atoms with Crippen LogP contribution in [-0.2, 0) is 6.42 Å². The van der Waals surface area contributed by atoms with Gasteiger partial charge in [0, 0.05) is 12.6 Å². The Labute approximate surface area is 128 Å². The Hall–Kier alpha value is -2.40. The van der Waals surface area contributed by atoms with Crippen molar-refractivity contribution in [2.45, 2.75) is 25.4 Å². The Balaban J connectivity index is 1.80. The number of nitrogens with one attached hydrogen (secondary N) is 1. The van der Waals surface area contributed by atoms with Crippen LogP contribution in [0.5, 0.6) is 5.75 Å². The standard InChI is InChI=1S/C17H18N4O/c22-13-5-1-4-12(10-13)11-16-20-14-6-2-9-19-17(14)21(16)15-7-3-8-18-15/h1-2,4-6,9-10,15,18,22H,3,7-8,11H2. The fourth-order valence-electron chi connectivity index (χ4n) is 3.16. The van der Waals surface area contributed by atoms with Gasteiger partial charge in [-0.05, 0) is 49.2 Å². The maximum absolute atomic E-state index is 9.66. The number of hydrogen-bond donors (Lipinski definition) is 2. The van der Waals surface area contributed by atoms with E-state index < -0.39 is 0 Å². The molecule has 0 radical (unpaired) electrons. The lowest BCUT2D eigenvalue weighted by Gasteiger charge is -2.16. The van der Waals surface area contributed by atoms with Gasteiger partial charge in [0.2, 0.25) is 0 Å². The molecule has 1 fully saturated rings. The number of phenolic OH excluding ortho intramolecular Hbond substituents is 1. The van der Waals surface area contributed by atoms with E-state index in [1.165, 1.54) is 6.42 Å². The summed E-state index contributed by atoms with van der Waals surface area (Å²) in [6.07, 6.45) is 5.01. The van der Waals surface area contributed by atoms with Gasteiger partial charge in [-0.1, -0.05) is 12.1 Å². The lowest BCUT2D eigenvalue weighted by molar-refractivity contribution is 0.463. The van der Waals surface area contributed by atoms with Gasteiger partial charge in [-0.3, -0.25) is 9.88 Å². The third-order valence-electron chi connectivity index (χ3n) is 4.14. The van der Waals surface area contributed by atoms with E-state index in [4.69, 9.17) is 4.98 Å². The van der Waals surface area contributed by atoms with Crippen molar-refractivity contribution in [1.29, 1.82) is 0 Å². The fourth-order valence-corrected chi connectivity index (χ4v) is 3.16. The molecule has 1 saturated heterocycles. The second kappa shape index (κ2) is 5.42. The average Bonchev–Trinajstić information content (AvgIpc) is 3.13. The van der Waals surface area contributed by atoms with E-state index in [0.717, 1.165) is 35.5 Å². The third kappa shape index (κ3) is 2.33. The van der Waals surface area contributed by atoms with Crippen LogP contribution in [0.15, 0.2) is 42.6 Å². The summed E-state index contributed by atoms with van der Waals surface area (Å²) in [5.41, 5.74) is 2.90. The van der Waals surface area contributed by atoms with Crippen molar-refractivity contribution < 1.29 is 5.11 Å². The van der Waals surface area contributed by atoms with Crippen LogP contribution in [0.3, 0.4) is 0 Å². The molecule has 2 N–H and O–H groups in total. The molecule has 0 amide bonds. The summed E-state index contributed by atoms with van der Waals surface area (Å²) in [6, 6.07) is 11.3. The predicted molar refractivity (Wildman–Crippen MR) is 84.7 cm³/mol. The van der Waals surface area contributed by atoms with E-state index in [9.17, 15) is 5.11 Å². The van der Waals surface area contributed by atoms with Crippen LogP contribution in [0.4, 0.5) is 0 Å². The molecule has 1 aromatic carbocycles. The number of fused-ring (bicyclic) bond motifs is 1. The molecule has 22 heavy (non-hydrogen) atoms. The van der Waals surface area contributed by atoms with Crippen LogP contribution in [0, 0.1) is 0 Å². The van der Waals surface area contributed by atoms with Crippen LogP contribution in [0.25, 0.3) is 11.2 Å². The van der Waals surface area contributed by atoms with E-state index in [0.29, 0.717) is 6.42 Å². The molecule has 5 nitrogen and oxygen atoms in total. The number of hydrogen-bond acceptors (Lipinski definition) is 4. The summed E-state index contributed by atoms with van der Waals surface area (Å²) < 4.78 is 2.21. The van der Waals surface area contributed by atoms with Crippen LogP contribution in [0.1, 0.15) is 30.4 Å². The average molecular weight is 294 g/mol. The fraction of sp³-hybridized carbons (Fsp3) is 0.294. The zero-order chi connectivity index (χ0) is 14.9. The highest BCUT2D eigenvalue weighted by molar-refractivity contribution is 5.71. The Bertz CT molecular complexity index is 805. The Morgan fingerprint density at radius 1 is 1.27 bits per heavy atom. The predicted octanol–water partition coefficient (Wildman–Crippen LogP) is 2.61. The van der Waals surface area contributed by atoms with Crippen molar-refractivity contribution in [1.82, 2.24) is 19.9 Å². The van der Waals surface area contributed by atoms with Gasteiger partial charge in [-0.25, -0.2) is 9.97 Å². The number of benzene rings is 1. The monoisotopic (exact) mass is 294 g/mol. The maximum Gasteiger partial charge on any atom is 0.161 e. The van der Waals surface area contributed by atoms with Crippen LogP contribution < -0.4 is 5.32 Å². The summed E-state index contributed by atoms with van der Waals surface area (Å²) in [5.74, 6) is 1.27. The first-order valence-corrected chi connectivity index (χ1v) is 7.64. The lowest BCUT2D eigenvalue weighted by Crippen LogP contribution is -2.22. The second-order valence-corrected chi connectivity index (χ2v) is 5.70. The highest BCUT2D eigenvalue weighted by Gasteiger charge is 2.22. The van der Waals surface area contributed by atoms with Gasteiger partial charge >= 0.3 is 0 Å². The number of nitrogens with zero attached hydrogens (tertiary/aromatic N) is 3. The van der Waals surface area contributed by atoms with Crippen LogP contribution in [-0.4, -0.2) is 26.2 Å². The van der Waals surface area contributed by atoms with Gasteiger partial charge in [0.1, 0.15) is 17.1 Å². The summed E-state index contributed by atoms with van der Waals surface area (Å²) in [4.78, 5) is 9.28. The molecule has 1 aliphatic rings. The lowest BCUT2D eigenvalue weighted by atomic mass is 10.1. The maximum atomic E-state index is 9.66. The normalized spacial score (nSPS) is 18.1. The molecule has 0 aliphatic carbocycles. The number of imidazole rings is 1. The largest absolute Gasteiger partial charge is 0.508 e. The Morgan fingerprint density at radius 3 is 3.05 bits per heavy atom. The zero-order valence-corrected chi connectivity index (χ0v) is 12.2. The smallest absolute Gasteiger partial charge is 0.161 e. The van der Waals surface area contributed by atoms with Crippen LogP contribution in [0.2, 0.25) is 0 Å². The first kappa shape index (κ1) is 13.3. The van der Waals surface area contributed by atoms with E-state index >= 15 is 0 Å². The molecule has 0 bridgehead atoms. The van der Waals surface area contributed by atoms with E-state index in [1.807, 2.05) is 30.5 Å². The van der Waals surface area contributed by atoms with Crippen molar-refractivity contribution in [3.63, 3.8) is 0 Å². The molecule has 1 unspecified atom stereocenters. The molecule has 2 aromatic heterocycles. The molecule has 1 aliphatic heterocycles. The molecule has 0 spiro atoms. The minimum absolute atomic E-state index is 0.257. The van der Waals surface area contributed by atoms with Gasteiger partial charge < -0.3 is 5.11 Å².